The van der Waals surface area contributed by atoms with Gasteiger partial charge in [0.05, 0.1) is 6.26 Å². The Labute approximate surface area is 175 Å². The third-order valence-corrected chi connectivity index (χ3v) is 6.57. The molecule has 0 aromatic heterocycles. The van der Waals surface area contributed by atoms with E-state index in [4.69, 9.17) is 0 Å². The highest BCUT2D eigenvalue weighted by molar-refractivity contribution is 7.88. The Morgan fingerprint density at radius 3 is 2.57 bits per heavy atom. The van der Waals surface area contributed by atoms with Gasteiger partial charge >= 0.3 is 0 Å². The first-order valence-electron chi connectivity index (χ1n) is 10.0. The van der Waals surface area contributed by atoms with Gasteiger partial charge in [0.25, 0.3) is 0 Å². The molecule has 3 atom stereocenters. The molecule has 30 heavy (non-hydrogen) atoms. The maximum absolute atomic E-state index is 14.7. The van der Waals surface area contributed by atoms with Crippen LogP contribution in [0, 0.1) is 17.6 Å². The molecule has 1 heterocycles. The Balaban J connectivity index is 1.53. The van der Waals surface area contributed by atoms with Gasteiger partial charge in [-0.2, -0.15) is 0 Å². The van der Waals surface area contributed by atoms with Crippen LogP contribution in [0.5, 0.6) is 0 Å². The van der Waals surface area contributed by atoms with E-state index in [1.165, 1.54) is 12.1 Å². The van der Waals surface area contributed by atoms with Crippen molar-refractivity contribution in [2.75, 3.05) is 19.3 Å². The van der Waals surface area contributed by atoms with Crippen molar-refractivity contribution in [2.45, 2.75) is 31.2 Å². The number of nitrogens with one attached hydrogen (secondary N) is 1. The van der Waals surface area contributed by atoms with Gasteiger partial charge in [-0.15, -0.1) is 0 Å². The number of carbonyl (C=O) groups is 1. The van der Waals surface area contributed by atoms with Crippen LogP contribution < -0.4 is 4.72 Å². The zero-order valence-corrected chi connectivity index (χ0v) is 17.5. The summed E-state index contributed by atoms with van der Waals surface area (Å²) < 4.78 is 54.6. The van der Waals surface area contributed by atoms with Gasteiger partial charge in [0, 0.05) is 36.2 Å². The van der Waals surface area contributed by atoms with Crippen LogP contribution in [-0.2, 0) is 14.8 Å². The highest BCUT2D eigenvalue weighted by atomic mass is 32.2. The normalized spacial score (nSPS) is 24.0. The lowest BCUT2D eigenvalue weighted by Gasteiger charge is -2.33. The third kappa shape index (κ3) is 4.39. The van der Waals surface area contributed by atoms with E-state index in [1.54, 1.807) is 35.2 Å². The summed E-state index contributed by atoms with van der Waals surface area (Å²) >= 11 is 0. The van der Waals surface area contributed by atoms with Gasteiger partial charge in [0.2, 0.25) is 15.9 Å². The number of halogens is 2. The predicted octanol–water partition coefficient (Wildman–Crippen LogP) is 3.28. The van der Waals surface area contributed by atoms with Crippen molar-refractivity contribution < 1.29 is 22.0 Å². The van der Waals surface area contributed by atoms with Crippen LogP contribution in [0.25, 0.3) is 11.1 Å². The van der Waals surface area contributed by atoms with Crippen molar-refractivity contribution in [3.05, 3.63) is 59.7 Å². The quantitative estimate of drug-likeness (QED) is 0.786. The maximum Gasteiger partial charge on any atom is 0.226 e. The van der Waals surface area contributed by atoms with Gasteiger partial charge in [-0.25, -0.2) is 21.9 Å². The fourth-order valence-corrected chi connectivity index (χ4v) is 5.22. The van der Waals surface area contributed by atoms with Crippen molar-refractivity contribution in [1.29, 1.82) is 0 Å². The third-order valence-electron chi connectivity index (χ3n) is 5.81. The Morgan fingerprint density at radius 2 is 1.83 bits per heavy atom. The average Bonchev–Trinajstić information content (AvgIpc) is 3.47. The van der Waals surface area contributed by atoms with E-state index < -0.39 is 21.7 Å². The number of sulfonamides is 1. The van der Waals surface area contributed by atoms with Crippen molar-refractivity contribution in [1.82, 2.24) is 9.62 Å². The van der Waals surface area contributed by atoms with Crippen LogP contribution in [0.3, 0.4) is 0 Å². The summed E-state index contributed by atoms with van der Waals surface area (Å²) in [4.78, 5) is 14.7. The lowest BCUT2D eigenvalue weighted by Crippen LogP contribution is -2.49. The van der Waals surface area contributed by atoms with Crippen molar-refractivity contribution in [2.24, 2.45) is 5.92 Å². The van der Waals surface area contributed by atoms with Crippen LogP contribution in [0.1, 0.15) is 30.7 Å². The summed E-state index contributed by atoms with van der Waals surface area (Å²) in [6.45, 7) is 0.908. The average molecular weight is 435 g/mol. The molecule has 4 rings (SSSR count). The lowest BCUT2D eigenvalue weighted by molar-refractivity contribution is -0.133. The van der Waals surface area contributed by atoms with E-state index in [0.29, 0.717) is 31.5 Å². The molecule has 0 unspecified atom stereocenters. The van der Waals surface area contributed by atoms with Crippen molar-refractivity contribution in [3.63, 3.8) is 0 Å². The smallest absolute Gasteiger partial charge is 0.226 e. The molecule has 1 amide bonds. The summed E-state index contributed by atoms with van der Waals surface area (Å²) in [5.41, 5.74) is 1.05. The van der Waals surface area contributed by atoms with Crippen LogP contribution in [0.2, 0.25) is 0 Å². The van der Waals surface area contributed by atoms with Crippen LogP contribution in [0.4, 0.5) is 8.78 Å². The number of amides is 1. The molecule has 0 spiro atoms. The molecular weight excluding hydrogens is 410 g/mol. The SMILES string of the molecule is CS(=O)(=O)N[C@@H]1CCCN(C(=O)[C@@H]2C[C@H]2c2cccc(F)c2-c2ccccc2F)C1. The maximum atomic E-state index is 14.7. The number of likely N-dealkylation sites (tertiary alicyclic amines) is 1. The van der Waals surface area contributed by atoms with Gasteiger partial charge in [-0.05, 0) is 42.9 Å². The molecule has 0 radical (unpaired) electrons. The molecule has 2 aliphatic rings. The Kier molecular flexibility index (Phi) is 5.63. The minimum Gasteiger partial charge on any atom is -0.341 e. The largest absolute Gasteiger partial charge is 0.341 e. The zero-order valence-electron chi connectivity index (χ0n) is 16.6. The van der Waals surface area contributed by atoms with Gasteiger partial charge in [-0.1, -0.05) is 30.3 Å². The molecule has 2 aromatic carbocycles. The zero-order chi connectivity index (χ0) is 21.5. The molecule has 5 nitrogen and oxygen atoms in total. The lowest BCUT2D eigenvalue weighted by atomic mass is 9.94. The van der Waals surface area contributed by atoms with E-state index in [0.717, 1.165) is 12.7 Å². The number of benzene rings is 2. The number of rotatable bonds is 5. The number of hydrogen-bond acceptors (Lipinski definition) is 3. The summed E-state index contributed by atoms with van der Waals surface area (Å²) in [6.07, 6.45) is 3.09. The Bertz CT molecular complexity index is 1070. The standard InChI is InChI=1S/C22H24F2N2O3S/c1-30(28,29)25-14-6-5-11-26(13-14)22(27)18-12-17(18)15-8-4-10-20(24)21(15)16-7-2-3-9-19(16)23/h2-4,7-10,14,17-18,25H,5-6,11-13H2,1H3/t14-,17+,18-/m1/s1. The molecule has 1 N–H and O–H groups in total. The number of nitrogens with zero attached hydrogens (tertiary/aromatic N) is 1. The van der Waals surface area contributed by atoms with Gasteiger partial charge in [-0.3, -0.25) is 4.79 Å². The first-order valence-corrected chi connectivity index (χ1v) is 11.9. The van der Waals surface area contributed by atoms with Crippen LogP contribution in [0.15, 0.2) is 42.5 Å². The van der Waals surface area contributed by atoms with E-state index in [1.807, 2.05) is 0 Å². The monoisotopic (exact) mass is 434 g/mol. The van der Waals surface area contributed by atoms with Gasteiger partial charge in [0.1, 0.15) is 11.6 Å². The van der Waals surface area contributed by atoms with E-state index in [2.05, 4.69) is 4.72 Å². The molecule has 2 fully saturated rings. The van der Waals surface area contributed by atoms with Crippen molar-refractivity contribution >= 4 is 15.9 Å². The second-order valence-electron chi connectivity index (χ2n) is 8.15. The molecular formula is C22H24F2N2O3S. The molecule has 1 aliphatic heterocycles. The molecule has 8 heteroatoms. The van der Waals surface area contributed by atoms with Gasteiger partial charge < -0.3 is 4.90 Å². The molecule has 1 aliphatic carbocycles. The highest BCUT2D eigenvalue weighted by Gasteiger charge is 2.47. The minimum atomic E-state index is -3.34. The Morgan fingerprint density at radius 1 is 1.10 bits per heavy atom. The fourth-order valence-electron chi connectivity index (χ4n) is 4.42. The van der Waals surface area contributed by atoms with Crippen molar-refractivity contribution in [3.8, 4) is 11.1 Å². The van der Waals surface area contributed by atoms with E-state index >= 15 is 0 Å². The van der Waals surface area contributed by atoms with Gasteiger partial charge in [0.15, 0.2) is 0 Å². The molecule has 1 saturated heterocycles. The molecule has 160 valence electrons. The van der Waals surface area contributed by atoms with Crippen LogP contribution >= 0.6 is 0 Å². The number of hydrogen-bond donors (Lipinski definition) is 1. The molecule has 2 aromatic rings. The minimum absolute atomic E-state index is 0.0521. The fraction of sp³-hybridized carbons (Fsp3) is 0.409. The van der Waals surface area contributed by atoms with E-state index in [9.17, 15) is 22.0 Å². The molecule has 1 saturated carbocycles. The van der Waals surface area contributed by atoms with E-state index in [-0.39, 0.29) is 34.9 Å². The summed E-state index contributed by atoms with van der Waals surface area (Å²) in [6, 6.07) is 10.4. The van der Waals surface area contributed by atoms with Crippen LogP contribution in [-0.4, -0.2) is 44.6 Å². The molecule has 0 bridgehead atoms. The summed E-state index contributed by atoms with van der Waals surface area (Å²) in [5, 5.41) is 0. The first-order chi connectivity index (χ1) is 14.2. The first kappa shape index (κ1) is 20.9. The number of piperidine rings is 1. The second-order valence-corrected chi connectivity index (χ2v) is 9.93. The highest BCUT2D eigenvalue weighted by Crippen LogP contribution is 2.52. The number of carbonyl (C=O) groups excluding carboxylic acids is 1. The topological polar surface area (TPSA) is 66.5 Å². The predicted molar refractivity (Wildman–Crippen MR) is 110 cm³/mol. The summed E-state index contributed by atoms with van der Waals surface area (Å²) in [7, 11) is -3.34. The second kappa shape index (κ2) is 8.07. The Hall–Kier alpha value is -2.32. The summed E-state index contributed by atoms with van der Waals surface area (Å²) in [5.74, 6) is -1.53.